The molecule has 3 aromatic rings. The van der Waals surface area contributed by atoms with Crippen molar-refractivity contribution in [2.75, 3.05) is 0 Å². The van der Waals surface area contributed by atoms with Crippen LogP contribution in [0.3, 0.4) is 0 Å². The molecule has 3 N–H and O–H groups in total. The molecule has 25 heavy (non-hydrogen) atoms. The van der Waals surface area contributed by atoms with E-state index in [1.165, 1.54) is 36.4 Å². The molecule has 0 bridgehead atoms. The van der Waals surface area contributed by atoms with Crippen molar-refractivity contribution < 1.29 is 46.6 Å². The molecule has 6 nitrogen and oxygen atoms in total. The molecule has 3 rings (SSSR count). The molecule has 0 saturated carbocycles. The van der Waals surface area contributed by atoms with Crippen molar-refractivity contribution in [1.29, 1.82) is 0 Å². The Balaban J connectivity index is 1.77. The van der Waals surface area contributed by atoms with Gasteiger partial charge in [-0.15, -0.1) is 0 Å². The molecule has 0 aliphatic rings. The fourth-order valence-corrected chi connectivity index (χ4v) is 3.98. The van der Waals surface area contributed by atoms with Gasteiger partial charge in [0.2, 0.25) is 0 Å². The van der Waals surface area contributed by atoms with Crippen molar-refractivity contribution in [3.8, 4) is 34.5 Å². The minimum atomic E-state index is -3.26. The summed E-state index contributed by atoms with van der Waals surface area (Å²) in [4.78, 5) is 0. The van der Waals surface area contributed by atoms with E-state index in [4.69, 9.17) is 8.56 Å². The van der Waals surface area contributed by atoms with E-state index < -0.39 is 22.7 Å². The Hall–Kier alpha value is -2.67. The van der Waals surface area contributed by atoms with Crippen LogP contribution in [0.15, 0.2) is 72.8 Å². The molecule has 0 aliphatic heterocycles. The summed E-state index contributed by atoms with van der Waals surface area (Å²) in [7, 11) is 0. The number of rotatable bonds is 6. The van der Waals surface area contributed by atoms with Crippen LogP contribution in [0.25, 0.3) is 0 Å². The predicted octanol–water partition coefficient (Wildman–Crippen LogP) is 3.70. The van der Waals surface area contributed by atoms with Gasteiger partial charge in [0.05, 0.1) is 0 Å². The van der Waals surface area contributed by atoms with Gasteiger partial charge in [-0.3, -0.25) is 0 Å². The number of phenolic OH excluding ortho intramolecular Hbond substituents is 3. The van der Waals surface area contributed by atoms with Crippen molar-refractivity contribution in [3.05, 3.63) is 72.8 Å². The van der Waals surface area contributed by atoms with Crippen LogP contribution in [0.5, 0.6) is 34.5 Å². The summed E-state index contributed by atoms with van der Waals surface area (Å²) in [6.45, 7) is 0. The molecule has 126 valence electrons. The summed E-state index contributed by atoms with van der Waals surface area (Å²) in [5, 5.41) is 28.1. The number of hydrogen-bond acceptors (Lipinski definition) is 6. The molecule has 0 radical (unpaired) electrons. The fourth-order valence-electron chi connectivity index (χ4n) is 1.98. The minimum absolute atomic E-state index is 0.135. The molecule has 7 heteroatoms. The van der Waals surface area contributed by atoms with Crippen LogP contribution in [-0.4, -0.2) is 15.3 Å². The second-order valence-electron chi connectivity index (χ2n) is 5.12. The van der Waals surface area contributed by atoms with Gasteiger partial charge in [-0.05, 0) is 0 Å². The first-order valence-electron chi connectivity index (χ1n) is 7.45. The monoisotopic (exact) mass is 372 g/mol. The van der Waals surface area contributed by atoms with Crippen molar-refractivity contribution in [3.63, 3.8) is 0 Å². The van der Waals surface area contributed by atoms with Gasteiger partial charge in [0, 0.05) is 0 Å². The van der Waals surface area contributed by atoms with Gasteiger partial charge in [0.25, 0.3) is 0 Å². The zero-order valence-corrected chi connectivity index (χ0v) is 14.9. The first kappa shape index (κ1) is 17.2. The Morgan fingerprint density at radius 1 is 0.440 bits per heavy atom. The van der Waals surface area contributed by atoms with Crippen LogP contribution in [0.2, 0.25) is 0 Å². The number of aromatic hydroxyl groups is 3. The van der Waals surface area contributed by atoms with Gasteiger partial charge >= 0.3 is 154 Å². The average molecular weight is 372 g/mol. The topological polar surface area (TPSA) is 88.4 Å². The van der Waals surface area contributed by atoms with Crippen molar-refractivity contribution in [2.24, 2.45) is 0 Å². The van der Waals surface area contributed by atoms with Gasteiger partial charge < -0.3 is 0 Å². The first-order chi connectivity index (χ1) is 12.1. The molecular weight excluding hydrogens is 357 g/mol. The normalized spacial score (nSPS) is 10.1. The van der Waals surface area contributed by atoms with Gasteiger partial charge in [-0.2, -0.15) is 0 Å². The van der Waals surface area contributed by atoms with E-state index in [9.17, 15) is 15.3 Å². The molecule has 0 unspecified atom stereocenters. The Bertz CT molecular complexity index is 690. The summed E-state index contributed by atoms with van der Waals surface area (Å²) in [5.74, 6) is 1.95. The Labute approximate surface area is 153 Å². The molecule has 0 fully saturated rings. The van der Waals surface area contributed by atoms with Gasteiger partial charge in [0.15, 0.2) is 0 Å². The van der Waals surface area contributed by atoms with Crippen LogP contribution >= 0.6 is 0 Å². The van der Waals surface area contributed by atoms with E-state index in [-0.39, 0.29) is 17.2 Å². The van der Waals surface area contributed by atoms with E-state index >= 15 is 0 Å². The Morgan fingerprint density at radius 3 is 0.920 bits per heavy atom. The van der Waals surface area contributed by atoms with E-state index in [0.29, 0.717) is 17.2 Å². The first-order valence-corrected chi connectivity index (χ1v) is 9.66. The van der Waals surface area contributed by atoms with Crippen LogP contribution in [0.4, 0.5) is 0 Å². The molecule has 0 amide bonds. The molecule has 0 aromatic heterocycles. The van der Waals surface area contributed by atoms with E-state index in [1.807, 2.05) is 0 Å². The van der Waals surface area contributed by atoms with E-state index in [2.05, 4.69) is 0 Å². The van der Waals surface area contributed by atoms with Crippen LogP contribution in [0.1, 0.15) is 0 Å². The molecular formula is C18H15O6Sc. The van der Waals surface area contributed by atoms with Crippen LogP contribution in [0, 0.1) is 0 Å². The quantitative estimate of drug-likeness (QED) is 0.612. The molecule has 0 atom stereocenters. The Morgan fingerprint density at radius 2 is 0.680 bits per heavy atom. The van der Waals surface area contributed by atoms with Crippen molar-refractivity contribution >= 4 is 0 Å². The van der Waals surface area contributed by atoms with Crippen molar-refractivity contribution in [1.82, 2.24) is 0 Å². The third-order valence-corrected chi connectivity index (χ3v) is 5.38. The summed E-state index contributed by atoms with van der Waals surface area (Å²) in [6.07, 6.45) is 0. The second-order valence-corrected chi connectivity index (χ2v) is 7.13. The molecule has 0 aliphatic carbocycles. The van der Waals surface area contributed by atoms with Gasteiger partial charge in [-0.1, -0.05) is 0 Å². The molecule has 0 saturated heterocycles. The van der Waals surface area contributed by atoms with Gasteiger partial charge in [-0.25, -0.2) is 0 Å². The molecule has 0 heterocycles. The van der Waals surface area contributed by atoms with E-state index in [0.717, 1.165) is 0 Å². The van der Waals surface area contributed by atoms with Gasteiger partial charge in [0.1, 0.15) is 0 Å². The zero-order chi connectivity index (χ0) is 17.6. The molecule has 0 spiro atoms. The average Bonchev–Trinajstić information content (AvgIpc) is 2.61. The number of hydrogen-bond donors (Lipinski definition) is 3. The summed E-state index contributed by atoms with van der Waals surface area (Å²) < 4.78 is 17.5. The third-order valence-electron chi connectivity index (χ3n) is 3.21. The summed E-state index contributed by atoms with van der Waals surface area (Å²) in [5.41, 5.74) is 0. The number of phenols is 3. The van der Waals surface area contributed by atoms with Crippen LogP contribution in [-0.2, 0) is 22.7 Å². The third kappa shape index (κ3) is 5.15. The van der Waals surface area contributed by atoms with Crippen molar-refractivity contribution in [2.45, 2.75) is 0 Å². The van der Waals surface area contributed by atoms with E-state index in [1.54, 1.807) is 36.4 Å². The summed E-state index contributed by atoms with van der Waals surface area (Å²) in [6, 6.07) is 18.8. The fraction of sp³-hybridized carbons (Fsp3) is 0. The SMILES string of the molecule is Oc1ccc([O][Sc]([O]c2ccc(O)cc2)[O]c2ccc(O)cc2)cc1. The molecule has 3 aromatic carbocycles. The summed E-state index contributed by atoms with van der Waals surface area (Å²) >= 11 is -3.26. The second kappa shape index (κ2) is 7.94. The standard InChI is InChI=1S/3C6H6O2.Sc/c3*7-5-1-2-6(8)4-3-5;/h3*1-4,7-8H;/q;;;+3/p-3. The Kier molecular flexibility index (Phi) is 5.45. The predicted molar refractivity (Wildman–Crippen MR) is 86.2 cm³/mol. The maximum absolute atomic E-state index is 9.36. The number of benzene rings is 3. The maximum atomic E-state index is 9.36. The van der Waals surface area contributed by atoms with Crippen LogP contribution < -0.4 is 8.56 Å². The zero-order valence-electron chi connectivity index (χ0n) is 13.1.